The summed E-state index contributed by atoms with van der Waals surface area (Å²) < 4.78 is 57.0. The summed E-state index contributed by atoms with van der Waals surface area (Å²) in [6.07, 6.45) is 9.16. The number of nitrogens with zero attached hydrogens (tertiary/aromatic N) is 7. The molecule has 0 spiro atoms. The number of ether oxygens (including phenoxy) is 4. The maximum absolute atomic E-state index is 17.6. The molecule has 9 heterocycles. The summed E-state index contributed by atoms with van der Waals surface area (Å²) in [4.78, 5) is 21.7. The van der Waals surface area contributed by atoms with Gasteiger partial charge in [0.2, 0.25) is 0 Å². The lowest BCUT2D eigenvalue weighted by Gasteiger charge is -2.44. The van der Waals surface area contributed by atoms with E-state index in [0.29, 0.717) is 23.4 Å². The highest BCUT2D eigenvalue weighted by atomic mass is 32.1. The van der Waals surface area contributed by atoms with Gasteiger partial charge < -0.3 is 29.6 Å². The predicted octanol–water partition coefficient (Wildman–Crippen LogP) is 5.29. The second-order valence-corrected chi connectivity index (χ2v) is 16.3. The molecule has 6 aliphatic rings. The van der Waals surface area contributed by atoms with Crippen LogP contribution in [0.15, 0.2) is 6.20 Å². The molecule has 5 atom stereocenters. The first-order valence-electron chi connectivity index (χ1n) is 18.7. The average Bonchev–Trinajstić information content (AvgIpc) is 3.98. The maximum Gasteiger partial charge on any atom is 0.319 e. The molecule has 2 N–H and O–H groups in total. The standard InChI is InChI=1S/C37H40F2N8O4S.CH4S/c1-48-22-9-37(6-2-7-46(37)15-22)18-51-36-43-32-29(35(44-36)47-19-3-4-20(47)13-45(12-19)14-21-5-8-50-21)25-17-49-16-24(25)27(30(32)39)31-28-23(10-40)34(41)52-33(28)26(38)11-42-31;1-2/h11,19-22H,2-9,12-18,41H2,1H3;2H,1H3/t19?,20?,21?,22?,37-;/m0./s1. The van der Waals surface area contributed by atoms with E-state index in [0.717, 1.165) is 101 Å². The molecule has 0 saturated carbocycles. The topological polar surface area (TPSA) is 135 Å². The lowest BCUT2D eigenvalue weighted by molar-refractivity contribution is -0.0687. The number of nitrogens with two attached hydrogens (primary N) is 1. The van der Waals surface area contributed by atoms with E-state index in [1.165, 1.54) is 0 Å². The summed E-state index contributed by atoms with van der Waals surface area (Å²) >= 11 is 4.49. The highest BCUT2D eigenvalue weighted by molar-refractivity contribution is 7.79. The van der Waals surface area contributed by atoms with Crippen molar-refractivity contribution in [1.82, 2.24) is 24.8 Å². The van der Waals surface area contributed by atoms with Crippen LogP contribution in [0.1, 0.15) is 55.2 Å². The molecule has 0 aliphatic carbocycles. The summed E-state index contributed by atoms with van der Waals surface area (Å²) in [5.41, 5.74) is 7.83. The normalized spacial score (nSPS) is 27.5. The second-order valence-electron chi connectivity index (χ2n) is 15.2. The van der Waals surface area contributed by atoms with Gasteiger partial charge in [0.1, 0.15) is 29.0 Å². The van der Waals surface area contributed by atoms with Crippen molar-refractivity contribution in [2.75, 3.05) is 69.9 Å². The molecule has 2 bridgehead atoms. The van der Waals surface area contributed by atoms with Crippen LogP contribution < -0.4 is 15.4 Å². The Kier molecular flexibility index (Phi) is 9.56. The van der Waals surface area contributed by atoms with Crippen LogP contribution in [0, 0.1) is 23.0 Å². The van der Waals surface area contributed by atoms with Crippen LogP contribution in [-0.2, 0) is 27.4 Å². The number of benzene rings is 1. The summed E-state index contributed by atoms with van der Waals surface area (Å²) in [5, 5.41) is 11.0. The van der Waals surface area contributed by atoms with Crippen LogP contribution in [-0.4, -0.2) is 114 Å². The number of halogens is 2. The number of aromatic nitrogens is 3. The van der Waals surface area contributed by atoms with Gasteiger partial charge in [-0.1, -0.05) is 0 Å². The molecule has 6 aliphatic heterocycles. The summed E-state index contributed by atoms with van der Waals surface area (Å²) in [6.45, 7) is 6.01. The summed E-state index contributed by atoms with van der Waals surface area (Å²) in [7, 11) is 1.75. The van der Waals surface area contributed by atoms with E-state index in [1.54, 1.807) is 13.4 Å². The van der Waals surface area contributed by atoms with E-state index in [2.05, 4.69) is 38.4 Å². The number of rotatable bonds is 8. The van der Waals surface area contributed by atoms with Crippen LogP contribution in [0.2, 0.25) is 0 Å². The van der Waals surface area contributed by atoms with Crippen molar-refractivity contribution in [3.05, 3.63) is 34.5 Å². The molecule has 0 amide bonds. The number of hydrogen-bond donors (Lipinski definition) is 2. The Balaban J connectivity index is 0.00000189. The average molecular weight is 779 g/mol. The van der Waals surface area contributed by atoms with Crippen LogP contribution in [0.4, 0.5) is 19.6 Å². The van der Waals surface area contributed by atoms with Gasteiger partial charge in [0, 0.05) is 62.9 Å². The van der Waals surface area contributed by atoms with E-state index < -0.39 is 11.6 Å². The van der Waals surface area contributed by atoms with Crippen LogP contribution in [0.3, 0.4) is 0 Å². The zero-order valence-corrected chi connectivity index (χ0v) is 32.2. The van der Waals surface area contributed by atoms with Crippen LogP contribution in [0.25, 0.3) is 32.2 Å². The van der Waals surface area contributed by atoms with E-state index in [1.807, 2.05) is 0 Å². The molecule has 16 heteroatoms. The molecule has 5 saturated heterocycles. The third kappa shape index (κ3) is 5.72. The fourth-order valence-corrected chi connectivity index (χ4v) is 10.8. The smallest absolute Gasteiger partial charge is 0.319 e. The Hall–Kier alpha value is -3.43. The van der Waals surface area contributed by atoms with Crippen LogP contribution >= 0.6 is 24.0 Å². The Morgan fingerprint density at radius 3 is 2.61 bits per heavy atom. The molecule has 3 aromatic heterocycles. The van der Waals surface area contributed by atoms with Gasteiger partial charge in [-0.2, -0.15) is 27.9 Å². The number of pyridine rings is 1. The van der Waals surface area contributed by atoms with Gasteiger partial charge in [0.15, 0.2) is 11.6 Å². The second kappa shape index (κ2) is 14.3. The number of likely N-dealkylation sites (tertiary alicyclic amines) is 1. The number of nitrogen functional groups attached to an aromatic ring is 1. The third-order valence-electron chi connectivity index (χ3n) is 12.4. The molecule has 4 aromatic rings. The first-order chi connectivity index (χ1) is 26.4. The fraction of sp³-hybridized carbons (Fsp3) is 0.579. The number of nitriles is 1. The van der Waals surface area contributed by atoms with E-state index in [-0.39, 0.29) is 86.5 Å². The number of anilines is 2. The third-order valence-corrected chi connectivity index (χ3v) is 13.5. The van der Waals surface area contributed by atoms with Crippen molar-refractivity contribution >= 4 is 55.8 Å². The number of piperazine rings is 1. The van der Waals surface area contributed by atoms with Crippen molar-refractivity contribution in [2.45, 2.75) is 81.6 Å². The van der Waals surface area contributed by atoms with Crippen LogP contribution in [0.5, 0.6) is 6.01 Å². The van der Waals surface area contributed by atoms with E-state index in [9.17, 15) is 5.26 Å². The molecule has 5 fully saturated rings. The van der Waals surface area contributed by atoms with Gasteiger partial charge in [-0.3, -0.25) is 14.8 Å². The van der Waals surface area contributed by atoms with Crippen molar-refractivity contribution in [2.24, 2.45) is 0 Å². The number of hydrogen-bond acceptors (Lipinski definition) is 14. The molecule has 0 radical (unpaired) electrons. The Bertz CT molecular complexity index is 2150. The quantitative estimate of drug-likeness (QED) is 0.225. The molecule has 54 heavy (non-hydrogen) atoms. The molecule has 10 rings (SSSR count). The number of methoxy groups -OCH3 is 1. The van der Waals surface area contributed by atoms with E-state index in [4.69, 9.17) is 34.6 Å². The van der Waals surface area contributed by atoms with Gasteiger partial charge in [-0.15, -0.1) is 11.3 Å². The van der Waals surface area contributed by atoms with Gasteiger partial charge in [0.25, 0.3) is 0 Å². The van der Waals surface area contributed by atoms with Crippen molar-refractivity contribution in [1.29, 1.82) is 5.26 Å². The highest BCUT2D eigenvalue weighted by Gasteiger charge is 2.50. The first kappa shape index (κ1) is 36.2. The fourth-order valence-electron chi connectivity index (χ4n) is 9.90. The maximum atomic E-state index is 17.6. The molecule has 4 unspecified atom stereocenters. The Morgan fingerprint density at radius 1 is 1.11 bits per heavy atom. The zero-order valence-electron chi connectivity index (χ0n) is 30.4. The molecule has 12 nitrogen and oxygen atoms in total. The minimum Gasteiger partial charge on any atom is -0.461 e. The summed E-state index contributed by atoms with van der Waals surface area (Å²) in [5.74, 6) is -0.584. The lowest BCUT2D eigenvalue weighted by atomic mass is 9.93. The molecule has 286 valence electrons. The largest absolute Gasteiger partial charge is 0.461 e. The first-order valence-corrected chi connectivity index (χ1v) is 20.4. The van der Waals surface area contributed by atoms with Crippen molar-refractivity contribution in [3.8, 4) is 23.3 Å². The zero-order chi connectivity index (χ0) is 37.3. The van der Waals surface area contributed by atoms with Gasteiger partial charge in [-0.05, 0) is 62.5 Å². The highest BCUT2D eigenvalue weighted by Crippen LogP contribution is 2.48. The van der Waals surface area contributed by atoms with Gasteiger partial charge >= 0.3 is 6.01 Å². The lowest BCUT2D eigenvalue weighted by Crippen LogP contribution is -2.56. The monoisotopic (exact) mass is 778 g/mol. The van der Waals surface area contributed by atoms with Crippen molar-refractivity contribution in [3.63, 3.8) is 0 Å². The Morgan fingerprint density at radius 2 is 1.89 bits per heavy atom. The molecular weight excluding hydrogens is 735 g/mol. The SMILES string of the molecule is COC1CN2CCC[C@@]2(COc2nc(N3C4CCC3CN(CC3CCO3)C4)c3c4c(c(-c5ncc(F)c6sc(N)c(C#N)c56)c(F)c3n2)COC4)C1.CS. The number of fused-ring (bicyclic) bond motifs is 7. The summed E-state index contributed by atoms with van der Waals surface area (Å²) in [6, 6.07) is 2.57. The number of thiol groups is 1. The molecular formula is C38H44F2N8O4S2. The predicted molar refractivity (Wildman–Crippen MR) is 205 cm³/mol. The van der Waals surface area contributed by atoms with Crippen molar-refractivity contribution < 1.29 is 27.7 Å². The Labute approximate surface area is 321 Å². The minimum atomic E-state index is -0.629. The number of thiophene rings is 1. The minimum absolute atomic E-state index is 0.0783. The van der Waals surface area contributed by atoms with E-state index >= 15 is 8.78 Å². The van der Waals surface area contributed by atoms with Gasteiger partial charge in [0.05, 0.1) is 58.5 Å². The molecule has 1 aromatic carbocycles. The van der Waals surface area contributed by atoms with Gasteiger partial charge in [-0.25, -0.2) is 8.78 Å².